The summed E-state index contributed by atoms with van der Waals surface area (Å²) in [4.78, 5) is 26.5. The van der Waals surface area contributed by atoms with Gasteiger partial charge in [0.1, 0.15) is 5.75 Å². The number of carbonyl (C=O) groups is 2. The molecule has 25 heavy (non-hydrogen) atoms. The van der Waals surface area contributed by atoms with Gasteiger partial charge in [-0.3, -0.25) is 9.59 Å². The van der Waals surface area contributed by atoms with Gasteiger partial charge in [0.05, 0.1) is 12.7 Å². The summed E-state index contributed by atoms with van der Waals surface area (Å²) in [5, 5.41) is 2.92. The second kappa shape index (κ2) is 7.38. The molecule has 0 aromatic heterocycles. The second-order valence-electron chi connectivity index (χ2n) is 6.04. The largest absolute Gasteiger partial charge is 0.496 e. The molecule has 3 rings (SSSR count). The third kappa shape index (κ3) is 3.50. The first-order valence-corrected chi connectivity index (χ1v) is 8.51. The van der Waals surface area contributed by atoms with Gasteiger partial charge in [-0.2, -0.15) is 0 Å². The van der Waals surface area contributed by atoms with E-state index in [0.29, 0.717) is 24.2 Å². The van der Waals surface area contributed by atoms with Gasteiger partial charge in [-0.05, 0) is 48.7 Å². The molecule has 130 valence electrons. The van der Waals surface area contributed by atoms with Gasteiger partial charge < -0.3 is 15.0 Å². The number of anilines is 2. The van der Waals surface area contributed by atoms with E-state index in [1.807, 2.05) is 29.2 Å². The minimum Gasteiger partial charge on any atom is -0.496 e. The van der Waals surface area contributed by atoms with E-state index in [1.54, 1.807) is 25.3 Å². The number of aryl methyl sites for hydroxylation is 1. The van der Waals surface area contributed by atoms with E-state index in [9.17, 15) is 9.59 Å². The van der Waals surface area contributed by atoms with E-state index in [2.05, 4.69) is 12.2 Å². The Morgan fingerprint density at radius 1 is 1.20 bits per heavy atom. The lowest BCUT2D eigenvalue weighted by atomic mass is 10.00. The van der Waals surface area contributed by atoms with Crippen molar-refractivity contribution < 1.29 is 14.3 Å². The summed E-state index contributed by atoms with van der Waals surface area (Å²) in [6.45, 7) is 2.78. The molecule has 5 heteroatoms. The average Bonchev–Trinajstić information content (AvgIpc) is 2.64. The molecule has 2 aromatic carbocycles. The lowest BCUT2D eigenvalue weighted by Gasteiger charge is -2.29. The Labute approximate surface area is 147 Å². The van der Waals surface area contributed by atoms with Crippen LogP contribution in [0.2, 0.25) is 0 Å². The minimum atomic E-state index is -0.213. The first-order valence-electron chi connectivity index (χ1n) is 8.51. The molecular weight excluding hydrogens is 316 g/mol. The smallest absolute Gasteiger partial charge is 0.259 e. The summed E-state index contributed by atoms with van der Waals surface area (Å²) < 4.78 is 5.24. The van der Waals surface area contributed by atoms with Gasteiger partial charge in [-0.1, -0.05) is 19.1 Å². The summed E-state index contributed by atoms with van der Waals surface area (Å²) in [6, 6.07) is 12.8. The molecule has 0 atom stereocenters. The zero-order chi connectivity index (χ0) is 17.8. The molecule has 0 saturated heterocycles. The molecule has 0 unspecified atom stereocenters. The Kier molecular flexibility index (Phi) is 5.03. The van der Waals surface area contributed by atoms with E-state index >= 15 is 0 Å². The predicted molar refractivity (Wildman–Crippen MR) is 98.4 cm³/mol. The fourth-order valence-corrected chi connectivity index (χ4v) is 3.14. The number of nitrogens with one attached hydrogen (secondary N) is 1. The second-order valence-corrected chi connectivity index (χ2v) is 6.04. The lowest BCUT2D eigenvalue weighted by molar-refractivity contribution is -0.118. The van der Waals surface area contributed by atoms with Gasteiger partial charge in [-0.15, -0.1) is 0 Å². The first-order chi connectivity index (χ1) is 12.1. The third-order valence-corrected chi connectivity index (χ3v) is 4.34. The maximum atomic E-state index is 12.5. The van der Waals surface area contributed by atoms with Gasteiger partial charge in [0, 0.05) is 24.3 Å². The van der Waals surface area contributed by atoms with Crippen LogP contribution in [-0.2, 0) is 11.2 Å². The van der Waals surface area contributed by atoms with Crippen LogP contribution in [0, 0.1) is 0 Å². The van der Waals surface area contributed by atoms with E-state index in [0.717, 1.165) is 29.9 Å². The van der Waals surface area contributed by atoms with Crippen molar-refractivity contribution in [3.8, 4) is 5.75 Å². The fraction of sp³-hybridized carbons (Fsp3) is 0.300. The number of carbonyl (C=O) groups excluding carboxylic acids is 2. The number of rotatable bonds is 5. The van der Waals surface area contributed by atoms with Crippen LogP contribution in [0.1, 0.15) is 35.7 Å². The molecule has 0 saturated carbocycles. The van der Waals surface area contributed by atoms with Crippen molar-refractivity contribution in [2.45, 2.75) is 26.2 Å². The molecule has 5 nitrogen and oxygen atoms in total. The van der Waals surface area contributed by atoms with Crippen LogP contribution < -0.4 is 15.0 Å². The maximum Gasteiger partial charge on any atom is 0.259 e. The molecular formula is C20H22N2O3. The number of nitrogens with zero attached hydrogens (tertiary/aromatic N) is 1. The molecule has 1 N–H and O–H groups in total. The molecule has 0 radical (unpaired) electrons. The minimum absolute atomic E-state index is 0.167. The molecule has 1 aliphatic rings. The van der Waals surface area contributed by atoms with Crippen molar-refractivity contribution in [1.29, 1.82) is 0 Å². The molecule has 0 fully saturated rings. The molecule has 2 amide bonds. The summed E-state index contributed by atoms with van der Waals surface area (Å²) in [7, 11) is 1.55. The fourth-order valence-electron chi connectivity index (χ4n) is 3.14. The number of ether oxygens (including phenoxy) is 1. The Morgan fingerprint density at radius 2 is 2.00 bits per heavy atom. The van der Waals surface area contributed by atoms with Crippen molar-refractivity contribution >= 4 is 23.2 Å². The van der Waals surface area contributed by atoms with Crippen molar-refractivity contribution in [2.75, 3.05) is 23.9 Å². The molecule has 2 aromatic rings. The highest BCUT2D eigenvalue weighted by Crippen LogP contribution is 2.31. The number of hydrogen-bond donors (Lipinski definition) is 1. The van der Waals surface area contributed by atoms with E-state index < -0.39 is 0 Å². The highest BCUT2D eigenvalue weighted by molar-refractivity contribution is 6.06. The number of benzene rings is 2. The molecule has 0 spiro atoms. The van der Waals surface area contributed by atoms with Crippen LogP contribution in [-0.4, -0.2) is 25.5 Å². The van der Waals surface area contributed by atoms with Crippen LogP contribution in [0.4, 0.5) is 11.4 Å². The Bertz CT molecular complexity index is 801. The highest BCUT2D eigenvalue weighted by atomic mass is 16.5. The first kappa shape index (κ1) is 17.0. The molecule has 1 heterocycles. The van der Waals surface area contributed by atoms with Gasteiger partial charge in [0.15, 0.2) is 0 Å². The summed E-state index contributed by atoms with van der Waals surface area (Å²) in [6.07, 6.45) is 2.13. The predicted octanol–water partition coefficient (Wildman–Crippen LogP) is 3.64. The van der Waals surface area contributed by atoms with Crippen LogP contribution in [0.25, 0.3) is 0 Å². The zero-order valence-electron chi connectivity index (χ0n) is 14.5. The normalized spacial score (nSPS) is 13.4. The zero-order valence-corrected chi connectivity index (χ0v) is 14.5. The monoisotopic (exact) mass is 338 g/mol. The lowest BCUT2D eigenvalue weighted by Crippen LogP contribution is -2.35. The van der Waals surface area contributed by atoms with Crippen molar-refractivity contribution in [3.63, 3.8) is 0 Å². The summed E-state index contributed by atoms with van der Waals surface area (Å²) in [5.41, 5.74) is 3.25. The SMILES string of the molecule is CCCN1C(=O)CCc2cc(NC(=O)c3ccccc3OC)ccc21. The Balaban J connectivity index is 1.83. The van der Waals surface area contributed by atoms with Crippen LogP contribution in [0.3, 0.4) is 0 Å². The number of methoxy groups -OCH3 is 1. The van der Waals surface area contributed by atoms with Crippen LogP contribution >= 0.6 is 0 Å². The highest BCUT2D eigenvalue weighted by Gasteiger charge is 2.23. The number of amides is 2. The van der Waals surface area contributed by atoms with E-state index in [4.69, 9.17) is 4.74 Å². The average molecular weight is 338 g/mol. The third-order valence-electron chi connectivity index (χ3n) is 4.34. The topological polar surface area (TPSA) is 58.6 Å². The van der Waals surface area contributed by atoms with Crippen molar-refractivity contribution in [1.82, 2.24) is 0 Å². The van der Waals surface area contributed by atoms with Crippen LogP contribution in [0.5, 0.6) is 5.75 Å². The standard InChI is InChI=1S/C20H22N2O3/c1-3-12-22-17-10-9-15(13-14(17)8-11-19(22)23)21-20(24)16-6-4-5-7-18(16)25-2/h4-7,9-10,13H,3,8,11-12H2,1-2H3,(H,21,24). The van der Waals surface area contributed by atoms with E-state index in [-0.39, 0.29) is 11.8 Å². The molecule has 0 bridgehead atoms. The number of fused-ring (bicyclic) bond motifs is 1. The summed E-state index contributed by atoms with van der Waals surface area (Å²) >= 11 is 0. The Hall–Kier alpha value is -2.82. The van der Waals surface area contributed by atoms with Gasteiger partial charge in [0.2, 0.25) is 5.91 Å². The van der Waals surface area contributed by atoms with Crippen molar-refractivity contribution in [2.24, 2.45) is 0 Å². The van der Waals surface area contributed by atoms with Gasteiger partial charge >= 0.3 is 0 Å². The quantitative estimate of drug-likeness (QED) is 0.905. The maximum absolute atomic E-state index is 12.5. The Morgan fingerprint density at radius 3 is 2.76 bits per heavy atom. The van der Waals surface area contributed by atoms with Gasteiger partial charge in [-0.25, -0.2) is 0 Å². The van der Waals surface area contributed by atoms with Crippen LogP contribution in [0.15, 0.2) is 42.5 Å². The number of hydrogen-bond acceptors (Lipinski definition) is 3. The van der Waals surface area contributed by atoms with Crippen molar-refractivity contribution in [3.05, 3.63) is 53.6 Å². The van der Waals surface area contributed by atoms with E-state index in [1.165, 1.54) is 0 Å². The summed E-state index contributed by atoms with van der Waals surface area (Å²) in [5.74, 6) is 0.493. The molecule has 0 aliphatic carbocycles. The van der Waals surface area contributed by atoms with Gasteiger partial charge in [0.25, 0.3) is 5.91 Å². The number of para-hydroxylation sites is 1. The molecule has 1 aliphatic heterocycles.